The van der Waals surface area contributed by atoms with Gasteiger partial charge in [-0.2, -0.15) is 13.2 Å². The van der Waals surface area contributed by atoms with E-state index in [1.807, 2.05) is 0 Å². The highest BCUT2D eigenvalue weighted by Crippen LogP contribution is 2.30. The van der Waals surface area contributed by atoms with Crippen molar-refractivity contribution in [3.05, 3.63) is 53.5 Å². The lowest BCUT2D eigenvalue weighted by molar-refractivity contribution is -0.137. The normalized spacial score (nSPS) is 11.2. The Morgan fingerprint density at radius 3 is 2.65 bits per heavy atom. The van der Waals surface area contributed by atoms with Crippen LogP contribution in [-0.2, 0) is 6.18 Å². The van der Waals surface area contributed by atoms with Gasteiger partial charge in [-0.05, 0) is 37.3 Å². The van der Waals surface area contributed by atoms with Crippen LogP contribution in [-0.4, -0.2) is 17.5 Å². The number of hydrogen-bond acceptors (Lipinski definition) is 3. The standard InChI is InChI=1S/C15H12F4N2O2/c1-2-23-12-4-3-10(16)8-11(12)14(22)21-13-7-9(5-6-20-13)15(17,18)19/h3-8H,2H2,1H3,(H,20,21,22). The highest BCUT2D eigenvalue weighted by molar-refractivity contribution is 6.05. The lowest BCUT2D eigenvalue weighted by Gasteiger charge is -2.11. The number of pyridine rings is 1. The molecule has 0 spiro atoms. The van der Waals surface area contributed by atoms with Gasteiger partial charge in [-0.15, -0.1) is 0 Å². The molecule has 0 atom stereocenters. The van der Waals surface area contributed by atoms with E-state index in [0.29, 0.717) is 6.07 Å². The minimum atomic E-state index is -4.56. The van der Waals surface area contributed by atoms with Gasteiger partial charge in [0.05, 0.1) is 17.7 Å². The van der Waals surface area contributed by atoms with Crippen LogP contribution in [0, 0.1) is 5.82 Å². The van der Waals surface area contributed by atoms with Gasteiger partial charge in [0.15, 0.2) is 0 Å². The molecule has 1 amide bonds. The summed E-state index contributed by atoms with van der Waals surface area (Å²) in [4.78, 5) is 15.8. The molecule has 0 aliphatic heterocycles. The van der Waals surface area contributed by atoms with Crippen molar-refractivity contribution < 1.29 is 27.1 Å². The van der Waals surface area contributed by atoms with Gasteiger partial charge < -0.3 is 10.1 Å². The Bertz CT molecular complexity index is 717. The van der Waals surface area contributed by atoms with Crippen LogP contribution in [0.25, 0.3) is 0 Å². The van der Waals surface area contributed by atoms with E-state index < -0.39 is 23.5 Å². The molecule has 2 rings (SSSR count). The molecule has 0 aliphatic carbocycles. The molecule has 1 N–H and O–H groups in total. The van der Waals surface area contributed by atoms with Crippen LogP contribution >= 0.6 is 0 Å². The average Bonchev–Trinajstić information content (AvgIpc) is 2.48. The van der Waals surface area contributed by atoms with Gasteiger partial charge in [-0.25, -0.2) is 9.37 Å². The first kappa shape index (κ1) is 16.7. The molecule has 1 heterocycles. The number of amides is 1. The largest absolute Gasteiger partial charge is 0.493 e. The quantitative estimate of drug-likeness (QED) is 0.866. The lowest BCUT2D eigenvalue weighted by Crippen LogP contribution is -2.16. The summed E-state index contributed by atoms with van der Waals surface area (Å²) in [6, 6.07) is 4.80. The molecule has 1 aromatic heterocycles. The van der Waals surface area contributed by atoms with E-state index in [4.69, 9.17) is 4.74 Å². The highest BCUT2D eigenvalue weighted by atomic mass is 19.4. The monoisotopic (exact) mass is 328 g/mol. The fraction of sp³-hybridized carbons (Fsp3) is 0.200. The number of halogens is 4. The fourth-order valence-electron chi connectivity index (χ4n) is 1.82. The SMILES string of the molecule is CCOc1ccc(F)cc1C(=O)Nc1cc(C(F)(F)F)ccn1. The van der Waals surface area contributed by atoms with E-state index in [-0.39, 0.29) is 23.7 Å². The number of nitrogens with zero attached hydrogens (tertiary/aromatic N) is 1. The number of carbonyl (C=O) groups is 1. The molecule has 8 heteroatoms. The molecule has 0 bridgehead atoms. The van der Waals surface area contributed by atoms with E-state index in [2.05, 4.69) is 10.3 Å². The first-order valence-corrected chi connectivity index (χ1v) is 6.58. The Kier molecular flexibility index (Phi) is 4.83. The maximum Gasteiger partial charge on any atom is 0.416 e. The minimum absolute atomic E-state index is 0.123. The van der Waals surface area contributed by atoms with Gasteiger partial charge in [-0.1, -0.05) is 0 Å². The molecule has 0 aliphatic rings. The van der Waals surface area contributed by atoms with Gasteiger partial charge in [0.2, 0.25) is 0 Å². The molecule has 0 saturated heterocycles. The van der Waals surface area contributed by atoms with E-state index in [0.717, 1.165) is 24.4 Å². The second-order valence-corrected chi connectivity index (χ2v) is 4.46. The van der Waals surface area contributed by atoms with E-state index in [1.165, 1.54) is 6.07 Å². The van der Waals surface area contributed by atoms with Crippen LogP contribution in [0.2, 0.25) is 0 Å². The maximum absolute atomic E-state index is 13.3. The lowest BCUT2D eigenvalue weighted by atomic mass is 10.1. The number of benzene rings is 1. The zero-order valence-electron chi connectivity index (χ0n) is 11.9. The Balaban J connectivity index is 2.28. The maximum atomic E-state index is 13.3. The molecule has 0 unspecified atom stereocenters. The zero-order valence-corrected chi connectivity index (χ0v) is 11.9. The summed E-state index contributed by atoms with van der Waals surface area (Å²) in [6.07, 6.45) is -3.63. The van der Waals surface area contributed by atoms with Crippen LogP contribution in [0.5, 0.6) is 5.75 Å². The molecule has 0 fully saturated rings. The number of aromatic nitrogens is 1. The highest BCUT2D eigenvalue weighted by Gasteiger charge is 2.31. The molecule has 23 heavy (non-hydrogen) atoms. The van der Waals surface area contributed by atoms with E-state index >= 15 is 0 Å². The summed E-state index contributed by atoms with van der Waals surface area (Å²) in [5.41, 5.74) is -1.09. The molecular weight excluding hydrogens is 316 g/mol. The Morgan fingerprint density at radius 2 is 2.00 bits per heavy atom. The summed E-state index contributed by atoms with van der Waals surface area (Å²) in [6.45, 7) is 1.92. The van der Waals surface area contributed by atoms with Crippen molar-refractivity contribution in [3.63, 3.8) is 0 Å². The number of alkyl halides is 3. The summed E-state index contributed by atoms with van der Waals surface area (Å²) >= 11 is 0. The van der Waals surface area contributed by atoms with Crippen molar-refractivity contribution in [2.24, 2.45) is 0 Å². The third kappa shape index (κ3) is 4.18. The van der Waals surface area contributed by atoms with Crippen LogP contribution in [0.3, 0.4) is 0 Å². The second-order valence-electron chi connectivity index (χ2n) is 4.46. The predicted molar refractivity (Wildman–Crippen MR) is 74.8 cm³/mol. The molecule has 2 aromatic rings. The first-order valence-electron chi connectivity index (χ1n) is 6.58. The van der Waals surface area contributed by atoms with E-state index in [9.17, 15) is 22.4 Å². The molecule has 1 aromatic carbocycles. The topological polar surface area (TPSA) is 51.2 Å². The zero-order chi connectivity index (χ0) is 17.0. The van der Waals surface area contributed by atoms with Crippen LogP contribution in [0.4, 0.5) is 23.4 Å². The number of ether oxygens (including phenoxy) is 1. The number of carbonyl (C=O) groups excluding carboxylic acids is 1. The molecule has 0 radical (unpaired) electrons. The average molecular weight is 328 g/mol. The van der Waals surface area contributed by atoms with Gasteiger partial charge in [0.1, 0.15) is 17.4 Å². The smallest absolute Gasteiger partial charge is 0.416 e. The van der Waals surface area contributed by atoms with Gasteiger partial charge >= 0.3 is 6.18 Å². The number of nitrogens with one attached hydrogen (secondary N) is 1. The molecule has 0 saturated carbocycles. The Labute approximate surface area is 129 Å². The Hall–Kier alpha value is -2.64. The number of anilines is 1. The van der Waals surface area contributed by atoms with Crippen molar-refractivity contribution in [1.29, 1.82) is 0 Å². The first-order chi connectivity index (χ1) is 10.8. The van der Waals surface area contributed by atoms with Crippen LogP contribution in [0.1, 0.15) is 22.8 Å². The second kappa shape index (κ2) is 6.64. The summed E-state index contributed by atoms with van der Waals surface area (Å²) < 4.78 is 56.4. The minimum Gasteiger partial charge on any atom is -0.493 e. The van der Waals surface area contributed by atoms with Crippen molar-refractivity contribution in [1.82, 2.24) is 4.98 Å². The van der Waals surface area contributed by atoms with Crippen molar-refractivity contribution in [2.75, 3.05) is 11.9 Å². The summed E-state index contributed by atoms with van der Waals surface area (Å²) in [7, 11) is 0. The Morgan fingerprint density at radius 1 is 1.26 bits per heavy atom. The van der Waals surface area contributed by atoms with Crippen LogP contribution in [0.15, 0.2) is 36.5 Å². The molecule has 4 nitrogen and oxygen atoms in total. The van der Waals surface area contributed by atoms with E-state index in [1.54, 1.807) is 6.92 Å². The van der Waals surface area contributed by atoms with Gasteiger partial charge in [-0.3, -0.25) is 4.79 Å². The number of hydrogen-bond donors (Lipinski definition) is 1. The predicted octanol–water partition coefficient (Wildman–Crippen LogP) is 3.89. The summed E-state index contributed by atoms with van der Waals surface area (Å²) in [5.74, 6) is -1.66. The molecular formula is C15H12F4N2O2. The number of rotatable bonds is 4. The fourth-order valence-corrected chi connectivity index (χ4v) is 1.82. The summed E-state index contributed by atoms with van der Waals surface area (Å²) in [5, 5.41) is 2.20. The molecule has 122 valence electrons. The van der Waals surface area contributed by atoms with Crippen LogP contribution < -0.4 is 10.1 Å². The third-order valence-electron chi connectivity index (χ3n) is 2.81. The third-order valence-corrected chi connectivity index (χ3v) is 2.81. The van der Waals surface area contributed by atoms with Crippen molar-refractivity contribution in [3.8, 4) is 5.75 Å². The van der Waals surface area contributed by atoms with Crippen molar-refractivity contribution in [2.45, 2.75) is 13.1 Å². The van der Waals surface area contributed by atoms with Gasteiger partial charge in [0.25, 0.3) is 5.91 Å². The van der Waals surface area contributed by atoms with Crippen molar-refractivity contribution >= 4 is 11.7 Å². The van der Waals surface area contributed by atoms with Gasteiger partial charge in [0, 0.05) is 6.20 Å².